The van der Waals surface area contributed by atoms with Gasteiger partial charge in [0.1, 0.15) is 0 Å². The van der Waals surface area contributed by atoms with Crippen molar-refractivity contribution in [2.45, 2.75) is 65.2 Å². The summed E-state index contributed by atoms with van der Waals surface area (Å²) in [5.74, 6) is 1.49. The first-order chi connectivity index (χ1) is 7.81. The van der Waals surface area contributed by atoms with Crippen LogP contribution < -0.4 is 0 Å². The van der Waals surface area contributed by atoms with E-state index < -0.39 is 0 Å². The molecule has 0 radical (unpaired) electrons. The second-order valence-electron chi connectivity index (χ2n) is 4.75. The Hall–Kier alpha value is 0.250. The Morgan fingerprint density at radius 3 is 2.31 bits per heavy atom. The molecule has 0 aromatic rings. The van der Waals surface area contributed by atoms with E-state index in [4.69, 9.17) is 16.3 Å². The topological polar surface area (TPSA) is 9.23 Å². The van der Waals surface area contributed by atoms with E-state index in [2.05, 4.69) is 13.8 Å². The monoisotopic (exact) mass is 248 g/mol. The summed E-state index contributed by atoms with van der Waals surface area (Å²) < 4.78 is 5.61. The minimum atomic E-state index is 0.710. The number of unbranched alkanes of at least 4 members (excludes halogenated alkanes) is 5. The third-order valence-corrected chi connectivity index (χ3v) is 3.22. The lowest BCUT2D eigenvalue weighted by atomic mass is 10.1. The fraction of sp³-hybridized carbons (Fsp3) is 1.00. The molecule has 2 heteroatoms. The second-order valence-corrected chi connectivity index (χ2v) is 5.13. The van der Waals surface area contributed by atoms with E-state index in [0.717, 1.165) is 31.9 Å². The molecule has 0 aromatic heterocycles. The summed E-state index contributed by atoms with van der Waals surface area (Å²) in [6.45, 7) is 6.36. The maximum Gasteiger partial charge on any atom is 0.0468 e. The van der Waals surface area contributed by atoms with Gasteiger partial charge in [0.2, 0.25) is 0 Å². The van der Waals surface area contributed by atoms with E-state index >= 15 is 0 Å². The van der Waals surface area contributed by atoms with Crippen LogP contribution in [0.1, 0.15) is 65.2 Å². The molecule has 0 aliphatic heterocycles. The summed E-state index contributed by atoms with van der Waals surface area (Å²) in [5, 5.41) is 0. The zero-order valence-electron chi connectivity index (χ0n) is 11.1. The molecule has 0 aliphatic carbocycles. The zero-order valence-corrected chi connectivity index (χ0v) is 11.9. The van der Waals surface area contributed by atoms with Gasteiger partial charge in [0.05, 0.1) is 0 Å². The van der Waals surface area contributed by atoms with Crippen molar-refractivity contribution >= 4 is 11.6 Å². The normalized spacial score (nSPS) is 12.9. The van der Waals surface area contributed by atoms with Gasteiger partial charge in [-0.2, -0.15) is 0 Å². The SMILES string of the molecule is CCCCCCCCOCCC(C)CCCl. The molecule has 1 unspecified atom stereocenters. The van der Waals surface area contributed by atoms with Crippen molar-refractivity contribution in [1.82, 2.24) is 0 Å². The van der Waals surface area contributed by atoms with Crippen molar-refractivity contribution in [1.29, 1.82) is 0 Å². The van der Waals surface area contributed by atoms with Crippen LogP contribution in [0.3, 0.4) is 0 Å². The van der Waals surface area contributed by atoms with E-state index in [1.165, 1.54) is 38.5 Å². The van der Waals surface area contributed by atoms with Crippen LogP contribution in [-0.2, 0) is 4.74 Å². The van der Waals surface area contributed by atoms with Crippen LogP contribution >= 0.6 is 11.6 Å². The van der Waals surface area contributed by atoms with E-state index in [-0.39, 0.29) is 0 Å². The number of hydrogen-bond donors (Lipinski definition) is 0. The standard InChI is InChI=1S/C14H29ClO/c1-3-4-5-6-7-8-12-16-13-10-14(2)9-11-15/h14H,3-13H2,1-2H3. The highest BCUT2D eigenvalue weighted by Gasteiger charge is 2.00. The molecular weight excluding hydrogens is 220 g/mol. The molecule has 0 N–H and O–H groups in total. The predicted octanol–water partition coefficient (Wildman–Crippen LogP) is 5.02. The lowest BCUT2D eigenvalue weighted by Gasteiger charge is -2.09. The Kier molecular flexibility index (Phi) is 13.5. The van der Waals surface area contributed by atoms with Crippen LogP contribution in [0.25, 0.3) is 0 Å². The first-order valence-electron chi connectivity index (χ1n) is 6.95. The number of hydrogen-bond acceptors (Lipinski definition) is 1. The molecule has 0 fully saturated rings. The minimum Gasteiger partial charge on any atom is -0.381 e. The van der Waals surface area contributed by atoms with Crippen LogP contribution in [-0.4, -0.2) is 19.1 Å². The average molecular weight is 249 g/mol. The maximum atomic E-state index is 5.68. The highest BCUT2D eigenvalue weighted by atomic mass is 35.5. The van der Waals surface area contributed by atoms with Crippen LogP contribution in [0.4, 0.5) is 0 Å². The summed E-state index contributed by atoms with van der Waals surface area (Å²) in [5.41, 5.74) is 0. The van der Waals surface area contributed by atoms with E-state index in [1.54, 1.807) is 0 Å². The van der Waals surface area contributed by atoms with Crippen LogP contribution in [0.2, 0.25) is 0 Å². The number of alkyl halides is 1. The smallest absolute Gasteiger partial charge is 0.0468 e. The first-order valence-corrected chi connectivity index (χ1v) is 7.48. The maximum absolute atomic E-state index is 5.68. The number of ether oxygens (including phenoxy) is 1. The van der Waals surface area contributed by atoms with Crippen LogP contribution in [0.5, 0.6) is 0 Å². The molecule has 0 saturated heterocycles. The minimum absolute atomic E-state index is 0.710. The average Bonchev–Trinajstić information content (AvgIpc) is 2.27. The van der Waals surface area contributed by atoms with Crippen molar-refractivity contribution in [3.8, 4) is 0 Å². The molecule has 0 heterocycles. The number of halogens is 1. The third-order valence-electron chi connectivity index (χ3n) is 3.00. The molecule has 98 valence electrons. The van der Waals surface area contributed by atoms with Crippen molar-refractivity contribution in [3.05, 3.63) is 0 Å². The highest BCUT2D eigenvalue weighted by Crippen LogP contribution is 2.09. The van der Waals surface area contributed by atoms with Gasteiger partial charge < -0.3 is 4.74 Å². The lowest BCUT2D eigenvalue weighted by Crippen LogP contribution is -2.03. The van der Waals surface area contributed by atoms with Gasteiger partial charge in [0.25, 0.3) is 0 Å². The van der Waals surface area contributed by atoms with Gasteiger partial charge in [-0.25, -0.2) is 0 Å². The molecule has 0 amide bonds. The van der Waals surface area contributed by atoms with Gasteiger partial charge in [-0.1, -0.05) is 46.0 Å². The number of rotatable bonds is 12. The van der Waals surface area contributed by atoms with Gasteiger partial charge in [-0.3, -0.25) is 0 Å². The Labute approximate surface area is 107 Å². The quantitative estimate of drug-likeness (QED) is 0.348. The Balaban J connectivity index is 2.98. The second kappa shape index (κ2) is 13.3. The lowest BCUT2D eigenvalue weighted by molar-refractivity contribution is 0.117. The molecule has 1 atom stereocenters. The molecule has 1 nitrogen and oxygen atoms in total. The molecule has 0 spiro atoms. The van der Waals surface area contributed by atoms with Crippen LogP contribution in [0, 0.1) is 5.92 Å². The summed E-state index contributed by atoms with van der Waals surface area (Å²) in [7, 11) is 0. The highest BCUT2D eigenvalue weighted by molar-refractivity contribution is 6.17. The summed E-state index contributed by atoms with van der Waals surface area (Å²) in [4.78, 5) is 0. The fourth-order valence-electron chi connectivity index (χ4n) is 1.70. The molecular formula is C14H29ClO. The van der Waals surface area contributed by atoms with Crippen molar-refractivity contribution in [3.63, 3.8) is 0 Å². The predicted molar refractivity (Wildman–Crippen MR) is 73.3 cm³/mol. The molecule has 16 heavy (non-hydrogen) atoms. The molecule has 0 aromatic carbocycles. The van der Waals surface area contributed by atoms with Crippen molar-refractivity contribution in [2.75, 3.05) is 19.1 Å². The van der Waals surface area contributed by atoms with Gasteiger partial charge in [-0.05, 0) is 25.2 Å². The summed E-state index contributed by atoms with van der Waals surface area (Å²) in [6, 6.07) is 0. The zero-order chi connectivity index (χ0) is 12.1. The van der Waals surface area contributed by atoms with E-state index in [9.17, 15) is 0 Å². The van der Waals surface area contributed by atoms with Crippen molar-refractivity contribution < 1.29 is 4.74 Å². The summed E-state index contributed by atoms with van der Waals surface area (Å²) >= 11 is 5.68. The van der Waals surface area contributed by atoms with E-state index in [1.807, 2.05) is 0 Å². The Morgan fingerprint density at radius 1 is 0.938 bits per heavy atom. The molecule has 0 aliphatic rings. The van der Waals surface area contributed by atoms with Gasteiger partial charge >= 0.3 is 0 Å². The molecule has 0 bridgehead atoms. The Morgan fingerprint density at radius 2 is 1.62 bits per heavy atom. The third kappa shape index (κ3) is 12.3. The van der Waals surface area contributed by atoms with Crippen molar-refractivity contribution in [2.24, 2.45) is 5.92 Å². The van der Waals surface area contributed by atoms with Gasteiger partial charge in [0.15, 0.2) is 0 Å². The van der Waals surface area contributed by atoms with Crippen LogP contribution in [0.15, 0.2) is 0 Å². The first kappa shape index (κ1) is 16.2. The summed E-state index contributed by atoms with van der Waals surface area (Å²) in [6.07, 6.45) is 10.3. The Bertz CT molecular complexity index is 128. The largest absolute Gasteiger partial charge is 0.381 e. The van der Waals surface area contributed by atoms with Gasteiger partial charge in [-0.15, -0.1) is 11.6 Å². The van der Waals surface area contributed by atoms with E-state index in [0.29, 0.717) is 5.92 Å². The molecule has 0 saturated carbocycles. The fourth-order valence-corrected chi connectivity index (χ4v) is 2.07. The van der Waals surface area contributed by atoms with Gasteiger partial charge in [0, 0.05) is 19.1 Å². The molecule has 0 rings (SSSR count).